The largest absolute Gasteiger partial charge is 0.480 e. The van der Waals surface area contributed by atoms with Gasteiger partial charge in [0, 0.05) is 9.62 Å². The molecule has 0 aliphatic carbocycles. The number of carboxylic acids is 2. The van der Waals surface area contributed by atoms with Crippen molar-refractivity contribution in [2.45, 2.75) is 42.0 Å². The summed E-state index contributed by atoms with van der Waals surface area (Å²) in [6.07, 6.45) is 0. The lowest BCUT2D eigenvalue weighted by Crippen LogP contribution is -2.71. The maximum absolute atomic E-state index is 12.4. The fourth-order valence-corrected chi connectivity index (χ4v) is 5.64. The van der Waals surface area contributed by atoms with Crippen LogP contribution in [-0.2, 0) is 19.2 Å². The molecule has 0 saturated carbocycles. The van der Waals surface area contributed by atoms with Crippen LogP contribution in [0.4, 0.5) is 0 Å². The Morgan fingerprint density at radius 3 is 2.52 bits per heavy atom. The van der Waals surface area contributed by atoms with Crippen LogP contribution in [0.2, 0.25) is 0 Å². The van der Waals surface area contributed by atoms with E-state index in [9.17, 15) is 29.4 Å². The number of hydrogen-bond acceptors (Lipinski definition) is 6. The molecule has 0 spiro atoms. The van der Waals surface area contributed by atoms with E-state index >= 15 is 0 Å². The van der Waals surface area contributed by atoms with Gasteiger partial charge >= 0.3 is 11.9 Å². The normalized spacial score (nSPS) is 28.0. The highest BCUT2D eigenvalue weighted by atomic mass is 32.2. The zero-order chi connectivity index (χ0) is 18.5. The second-order valence-electron chi connectivity index (χ2n) is 6.37. The van der Waals surface area contributed by atoms with Crippen molar-refractivity contribution < 1.29 is 29.4 Å². The van der Waals surface area contributed by atoms with Crippen molar-refractivity contribution in [3.63, 3.8) is 0 Å². The monoisotopic (exact) mass is 384 g/mol. The Labute approximate surface area is 151 Å². The van der Waals surface area contributed by atoms with Gasteiger partial charge in [-0.3, -0.25) is 14.4 Å². The zero-order valence-electron chi connectivity index (χ0n) is 13.3. The first-order valence-corrected chi connectivity index (χ1v) is 9.20. The Hall–Kier alpha value is -2.07. The molecule has 0 aromatic carbocycles. The second kappa shape index (κ2) is 6.03. The van der Waals surface area contributed by atoms with E-state index in [1.54, 1.807) is 31.4 Å². The molecule has 2 fully saturated rings. The Morgan fingerprint density at radius 2 is 2.00 bits per heavy atom. The Kier molecular flexibility index (Phi) is 4.28. The van der Waals surface area contributed by atoms with Crippen LogP contribution in [0.25, 0.3) is 0 Å². The number of carbonyl (C=O) groups excluding carboxylic acids is 2. The van der Waals surface area contributed by atoms with E-state index in [-0.39, 0.29) is 0 Å². The summed E-state index contributed by atoms with van der Waals surface area (Å²) in [7, 11) is 0. The predicted octanol–water partition coefficient (Wildman–Crippen LogP) is 0.548. The van der Waals surface area contributed by atoms with Crippen molar-refractivity contribution in [3.8, 4) is 0 Å². The molecule has 3 rings (SSSR count). The molecule has 134 valence electrons. The van der Waals surface area contributed by atoms with Gasteiger partial charge in [0.25, 0.3) is 0 Å². The zero-order valence-corrected chi connectivity index (χ0v) is 15.0. The van der Waals surface area contributed by atoms with Crippen molar-refractivity contribution in [1.29, 1.82) is 0 Å². The maximum atomic E-state index is 12.4. The van der Waals surface area contributed by atoms with Gasteiger partial charge in [-0.05, 0) is 25.3 Å². The van der Waals surface area contributed by atoms with Crippen LogP contribution in [-0.4, -0.2) is 61.1 Å². The summed E-state index contributed by atoms with van der Waals surface area (Å²) in [5.74, 6) is -5.06. The Balaban J connectivity index is 1.77. The fraction of sp³-hybridized carbons (Fsp3) is 0.467. The van der Waals surface area contributed by atoms with Crippen LogP contribution in [0.3, 0.4) is 0 Å². The third-order valence-corrected chi connectivity index (χ3v) is 6.82. The third kappa shape index (κ3) is 2.78. The second-order valence-corrected chi connectivity index (χ2v) is 9.12. The molecule has 1 aromatic rings. The van der Waals surface area contributed by atoms with E-state index in [1.165, 1.54) is 16.7 Å². The lowest BCUT2D eigenvalue weighted by atomic mass is 9.95. The summed E-state index contributed by atoms with van der Waals surface area (Å²) in [5.41, 5.74) is 0. The fourth-order valence-electron chi connectivity index (χ4n) is 3.20. The van der Waals surface area contributed by atoms with E-state index in [1.807, 2.05) is 0 Å². The van der Waals surface area contributed by atoms with E-state index in [4.69, 9.17) is 0 Å². The molecule has 2 aliphatic rings. The van der Waals surface area contributed by atoms with Gasteiger partial charge < -0.3 is 20.4 Å². The highest BCUT2D eigenvalue weighted by molar-refractivity contribution is 8.01. The molecule has 1 aromatic heterocycles. The summed E-state index contributed by atoms with van der Waals surface area (Å²) in [5, 5.41) is 22.4. The van der Waals surface area contributed by atoms with Crippen molar-refractivity contribution in [2.75, 3.05) is 0 Å². The molecular weight excluding hydrogens is 368 g/mol. The van der Waals surface area contributed by atoms with E-state index in [0.717, 1.165) is 11.3 Å². The van der Waals surface area contributed by atoms with Crippen LogP contribution >= 0.6 is 23.1 Å². The Bertz CT molecular complexity index is 747. The highest BCUT2D eigenvalue weighted by Gasteiger charge is 2.64. The maximum Gasteiger partial charge on any atom is 0.327 e. The number of carbonyl (C=O) groups is 4. The van der Waals surface area contributed by atoms with Crippen molar-refractivity contribution in [2.24, 2.45) is 0 Å². The average Bonchev–Trinajstić information content (AvgIpc) is 3.09. The summed E-state index contributed by atoms with van der Waals surface area (Å²) in [6.45, 7) is 3.46. The van der Waals surface area contributed by atoms with Gasteiger partial charge in [-0.15, -0.1) is 23.1 Å². The summed E-state index contributed by atoms with van der Waals surface area (Å²) < 4.78 is -0.703. The first-order chi connectivity index (χ1) is 11.6. The molecule has 0 radical (unpaired) electrons. The molecule has 2 amide bonds. The van der Waals surface area contributed by atoms with Crippen LogP contribution in [0.15, 0.2) is 17.5 Å². The van der Waals surface area contributed by atoms with Crippen LogP contribution in [0.1, 0.15) is 24.6 Å². The topological polar surface area (TPSA) is 124 Å². The minimum Gasteiger partial charge on any atom is -0.480 e. The quantitative estimate of drug-likeness (QED) is 0.500. The number of carboxylic acid groups (broad SMARTS) is 2. The number of rotatable bonds is 5. The number of nitrogens with zero attached hydrogens (tertiary/aromatic N) is 1. The van der Waals surface area contributed by atoms with Crippen LogP contribution in [0, 0.1) is 0 Å². The minimum absolute atomic E-state index is 0.372. The molecule has 8 nitrogen and oxygen atoms in total. The van der Waals surface area contributed by atoms with Crippen LogP contribution < -0.4 is 5.32 Å². The first-order valence-electron chi connectivity index (χ1n) is 7.44. The van der Waals surface area contributed by atoms with Gasteiger partial charge in [-0.1, -0.05) is 6.07 Å². The summed E-state index contributed by atoms with van der Waals surface area (Å²) in [6, 6.07) is 1.30. The van der Waals surface area contributed by atoms with Crippen LogP contribution in [0.5, 0.6) is 0 Å². The number of fused-ring (bicyclic) bond motifs is 1. The number of β-lactam (4-membered cyclic amide) rings is 1. The van der Waals surface area contributed by atoms with Gasteiger partial charge in [-0.25, -0.2) is 4.79 Å². The SMILES string of the molecule is CC1(C)S[C@@H]2[C@H](NC(=O)[C@H](C(=O)O)c3cccs3)C(=O)N2[C@H]1C(=O)O. The molecule has 3 N–H and O–H groups in total. The number of nitrogens with one attached hydrogen (secondary N) is 1. The molecule has 4 atom stereocenters. The first kappa shape index (κ1) is 17.7. The third-order valence-electron chi connectivity index (χ3n) is 4.31. The van der Waals surface area contributed by atoms with E-state index in [0.29, 0.717) is 4.88 Å². The number of thioether (sulfide) groups is 1. The van der Waals surface area contributed by atoms with Gasteiger partial charge in [0.05, 0.1) is 0 Å². The molecule has 2 saturated heterocycles. The average molecular weight is 384 g/mol. The van der Waals surface area contributed by atoms with Gasteiger partial charge in [0.2, 0.25) is 11.8 Å². The number of amides is 2. The molecule has 0 bridgehead atoms. The molecule has 2 aliphatic heterocycles. The summed E-state index contributed by atoms with van der Waals surface area (Å²) in [4.78, 5) is 49.3. The molecular formula is C15H16N2O6S2. The van der Waals surface area contributed by atoms with E-state index in [2.05, 4.69) is 5.32 Å². The van der Waals surface area contributed by atoms with Gasteiger partial charge in [0.15, 0.2) is 5.92 Å². The molecule has 25 heavy (non-hydrogen) atoms. The molecule has 0 unspecified atom stereocenters. The summed E-state index contributed by atoms with van der Waals surface area (Å²) >= 11 is 2.43. The Morgan fingerprint density at radius 1 is 1.32 bits per heavy atom. The smallest absolute Gasteiger partial charge is 0.327 e. The lowest BCUT2D eigenvalue weighted by molar-refractivity contribution is -0.161. The lowest BCUT2D eigenvalue weighted by Gasteiger charge is -2.43. The predicted molar refractivity (Wildman–Crippen MR) is 90.4 cm³/mol. The minimum atomic E-state index is -1.39. The van der Waals surface area contributed by atoms with E-state index < -0.39 is 51.9 Å². The van der Waals surface area contributed by atoms with Gasteiger partial charge in [-0.2, -0.15) is 0 Å². The highest BCUT2D eigenvalue weighted by Crippen LogP contribution is 2.50. The van der Waals surface area contributed by atoms with Crippen molar-refractivity contribution in [3.05, 3.63) is 22.4 Å². The number of aliphatic carboxylic acids is 2. The number of thiophene rings is 1. The molecule has 3 heterocycles. The standard InChI is InChI=1S/C15H16N2O6S2/c1-15(2)9(14(22)23)17-11(19)8(12(17)25-15)16-10(18)7(13(20)21)6-4-3-5-24-6/h3-5,7-9,12H,1-2H3,(H,16,18)(H,20,21)(H,22,23)/t7-,8-,9+,12-/m1/s1. The van der Waals surface area contributed by atoms with Crippen molar-refractivity contribution in [1.82, 2.24) is 10.2 Å². The van der Waals surface area contributed by atoms with Crippen molar-refractivity contribution >= 4 is 46.9 Å². The molecule has 10 heteroatoms. The van der Waals surface area contributed by atoms with Gasteiger partial charge in [0.1, 0.15) is 17.5 Å². The number of hydrogen-bond donors (Lipinski definition) is 3.